The number of amides is 2. The number of benzene rings is 2. The van der Waals surface area contributed by atoms with E-state index in [9.17, 15) is 9.18 Å². The first-order valence-electron chi connectivity index (χ1n) is 5.79. The zero-order valence-corrected chi connectivity index (χ0v) is 11.8. The number of hydrogen-bond acceptors (Lipinski definition) is 1. The van der Waals surface area contributed by atoms with Crippen molar-refractivity contribution in [2.75, 3.05) is 5.32 Å². The molecule has 0 atom stereocenters. The molecule has 0 unspecified atom stereocenters. The van der Waals surface area contributed by atoms with E-state index in [4.69, 9.17) is 23.2 Å². The van der Waals surface area contributed by atoms with Crippen LogP contribution in [0.15, 0.2) is 42.5 Å². The van der Waals surface area contributed by atoms with Crippen molar-refractivity contribution < 1.29 is 9.18 Å². The minimum atomic E-state index is -0.592. The summed E-state index contributed by atoms with van der Waals surface area (Å²) < 4.78 is 13.5. The lowest BCUT2D eigenvalue weighted by Gasteiger charge is -2.09. The summed E-state index contributed by atoms with van der Waals surface area (Å²) in [6.07, 6.45) is 0. The van der Waals surface area contributed by atoms with Gasteiger partial charge in [-0.05, 0) is 29.8 Å². The number of rotatable bonds is 3. The van der Waals surface area contributed by atoms with E-state index in [1.54, 1.807) is 18.2 Å². The van der Waals surface area contributed by atoms with Crippen molar-refractivity contribution in [3.63, 3.8) is 0 Å². The first-order chi connectivity index (χ1) is 9.56. The number of hydrogen-bond donors (Lipinski definition) is 2. The summed E-state index contributed by atoms with van der Waals surface area (Å²) >= 11 is 11.6. The highest BCUT2D eigenvalue weighted by Crippen LogP contribution is 2.19. The number of halogens is 3. The number of nitrogens with one attached hydrogen (secondary N) is 2. The van der Waals surface area contributed by atoms with E-state index in [1.165, 1.54) is 12.1 Å². The van der Waals surface area contributed by atoms with Crippen LogP contribution in [-0.4, -0.2) is 6.03 Å². The molecule has 2 aromatic carbocycles. The summed E-state index contributed by atoms with van der Waals surface area (Å²) in [5.41, 5.74) is 0.840. The van der Waals surface area contributed by atoms with Gasteiger partial charge in [-0.3, -0.25) is 0 Å². The molecule has 0 aliphatic carbocycles. The van der Waals surface area contributed by atoms with Gasteiger partial charge in [-0.25, -0.2) is 9.18 Å². The van der Waals surface area contributed by atoms with Gasteiger partial charge in [0.15, 0.2) is 0 Å². The monoisotopic (exact) mass is 312 g/mol. The van der Waals surface area contributed by atoms with Crippen LogP contribution in [0.25, 0.3) is 0 Å². The average molecular weight is 313 g/mol. The fourth-order valence-corrected chi connectivity index (χ4v) is 1.94. The van der Waals surface area contributed by atoms with E-state index < -0.39 is 11.8 Å². The van der Waals surface area contributed by atoms with E-state index in [2.05, 4.69) is 10.6 Å². The molecule has 0 spiro atoms. The number of carbonyl (C=O) groups excluding carboxylic acids is 1. The van der Waals surface area contributed by atoms with Crippen molar-refractivity contribution >= 4 is 34.9 Å². The van der Waals surface area contributed by atoms with Gasteiger partial charge in [0.1, 0.15) is 5.82 Å². The summed E-state index contributed by atoms with van der Waals surface area (Å²) in [4.78, 5) is 11.7. The average Bonchev–Trinajstić information content (AvgIpc) is 2.41. The molecule has 104 valence electrons. The van der Waals surface area contributed by atoms with E-state index in [0.29, 0.717) is 5.02 Å². The molecule has 0 radical (unpaired) electrons. The second-order valence-corrected chi connectivity index (χ2v) is 4.87. The Labute approximate surface area is 125 Å². The van der Waals surface area contributed by atoms with Gasteiger partial charge in [0, 0.05) is 16.6 Å². The highest BCUT2D eigenvalue weighted by atomic mass is 35.5. The van der Waals surface area contributed by atoms with E-state index in [-0.39, 0.29) is 17.3 Å². The Bertz CT molecular complexity index is 634. The lowest BCUT2D eigenvalue weighted by molar-refractivity contribution is 0.251. The van der Waals surface area contributed by atoms with Crippen molar-refractivity contribution in [1.29, 1.82) is 0 Å². The molecular weight excluding hydrogens is 302 g/mol. The fourth-order valence-electron chi connectivity index (χ4n) is 1.57. The largest absolute Gasteiger partial charge is 0.334 e. The molecular formula is C14H11Cl2FN2O. The quantitative estimate of drug-likeness (QED) is 0.863. The minimum Gasteiger partial charge on any atom is -0.334 e. The van der Waals surface area contributed by atoms with Gasteiger partial charge in [0.05, 0.1) is 5.69 Å². The van der Waals surface area contributed by atoms with Gasteiger partial charge < -0.3 is 10.6 Å². The Morgan fingerprint density at radius 3 is 2.60 bits per heavy atom. The maximum atomic E-state index is 13.5. The first-order valence-corrected chi connectivity index (χ1v) is 6.55. The predicted molar refractivity (Wildman–Crippen MR) is 78.7 cm³/mol. The maximum absolute atomic E-state index is 13.5. The van der Waals surface area contributed by atoms with Crippen LogP contribution >= 0.6 is 23.2 Å². The lowest BCUT2D eigenvalue weighted by Crippen LogP contribution is -2.28. The summed E-state index contributed by atoms with van der Waals surface area (Å²) in [6, 6.07) is 10.6. The normalized spacial score (nSPS) is 10.2. The molecule has 0 aromatic heterocycles. The van der Waals surface area contributed by atoms with Gasteiger partial charge in [-0.2, -0.15) is 0 Å². The molecule has 0 saturated heterocycles. The van der Waals surface area contributed by atoms with E-state index >= 15 is 0 Å². The molecule has 2 aromatic rings. The lowest BCUT2D eigenvalue weighted by atomic mass is 10.2. The molecule has 0 bridgehead atoms. The zero-order chi connectivity index (χ0) is 14.5. The second-order valence-electron chi connectivity index (χ2n) is 4.02. The van der Waals surface area contributed by atoms with Crippen molar-refractivity contribution in [2.45, 2.75) is 6.54 Å². The van der Waals surface area contributed by atoms with Crippen molar-refractivity contribution in [3.05, 3.63) is 63.9 Å². The molecule has 0 fully saturated rings. The third kappa shape index (κ3) is 3.85. The van der Waals surface area contributed by atoms with Gasteiger partial charge in [-0.15, -0.1) is 0 Å². The van der Waals surface area contributed by atoms with E-state index in [0.717, 1.165) is 11.6 Å². The van der Waals surface area contributed by atoms with Gasteiger partial charge in [0.25, 0.3) is 0 Å². The minimum absolute atomic E-state index is 0.0612. The highest BCUT2D eigenvalue weighted by Gasteiger charge is 2.07. The van der Waals surface area contributed by atoms with Crippen LogP contribution in [0.2, 0.25) is 10.0 Å². The fraction of sp³-hybridized carbons (Fsp3) is 0.0714. The molecule has 0 heterocycles. The number of carbonyl (C=O) groups is 1. The molecule has 6 heteroatoms. The summed E-state index contributed by atoms with van der Waals surface area (Å²) in [6.45, 7) is 0.251. The molecule has 20 heavy (non-hydrogen) atoms. The molecule has 2 rings (SSSR count). The Hall–Kier alpha value is -1.78. The van der Waals surface area contributed by atoms with Crippen LogP contribution in [0.3, 0.4) is 0 Å². The highest BCUT2D eigenvalue weighted by molar-refractivity contribution is 6.31. The van der Waals surface area contributed by atoms with Gasteiger partial charge >= 0.3 is 6.03 Å². The Morgan fingerprint density at radius 1 is 1.15 bits per heavy atom. The Kier molecular flexibility index (Phi) is 4.82. The second kappa shape index (κ2) is 6.59. The topological polar surface area (TPSA) is 41.1 Å². The molecule has 0 aliphatic rings. The maximum Gasteiger partial charge on any atom is 0.319 e. The Balaban J connectivity index is 1.94. The van der Waals surface area contributed by atoms with Crippen LogP contribution in [0.4, 0.5) is 14.9 Å². The van der Waals surface area contributed by atoms with Crippen LogP contribution in [0.5, 0.6) is 0 Å². The van der Waals surface area contributed by atoms with Gasteiger partial charge in [0.2, 0.25) is 0 Å². The van der Waals surface area contributed by atoms with Crippen LogP contribution in [0, 0.1) is 5.82 Å². The number of anilines is 1. The molecule has 0 aliphatic heterocycles. The SMILES string of the molecule is O=C(NCc1ccccc1Cl)Nc1ccc(Cl)cc1F. The van der Waals surface area contributed by atoms with Crippen LogP contribution in [-0.2, 0) is 6.54 Å². The zero-order valence-electron chi connectivity index (χ0n) is 10.3. The summed E-state index contributed by atoms with van der Waals surface area (Å²) in [5.74, 6) is -0.592. The van der Waals surface area contributed by atoms with Crippen molar-refractivity contribution in [3.8, 4) is 0 Å². The summed E-state index contributed by atoms with van der Waals surface area (Å²) in [7, 11) is 0. The Morgan fingerprint density at radius 2 is 1.90 bits per heavy atom. The van der Waals surface area contributed by atoms with Crippen LogP contribution in [0.1, 0.15) is 5.56 Å². The van der Waals surface area contributed by atoms with Crippen molar-refractivity contribution in [2.24, 2.45) is 0 Å². The molecule has 2 amide bonds. The standard InChI is InChI=1S/C14H11Cl2FN2O/c15-10-5-6-13(12(17)7-10)19-14(20)18-8-9-3-1-2-4-11(9)16/h1-7H,8H2,(H2,18,19,20). The van der Waals surface area contributed by atoms with Crippen molar-refractivity contribution in [1.82, 2.24) is 5.32 Å². The third-order valence-corrected chi connectivity index (χ3v) is 3.18. The van der Waals surface area contributed by atoms with E-state index in [1.807, 2.05) is 6.07 Å². The third-order valence-electron chi connectivity index (χ3n) is 2.58. The first kappa shape index (κ1) is 14.6. The number of urea groups is 1. The summed E-state index contributed by atoms with van der Waals surface area (Å²) in [5, 5.41) is 5.83. The molecule has 2 N–H and O–H groups in total. The molecule has 0 saturated carbocycles. The van der Waals surface area contributed by atoms with Crippen LogP contribution < -0.4 is 10.6 Å². The smallest absolute Gasteiger partial charge is 0.319 e. The van der Waals surface area contributed by atoms with Gasteiger partial charge in [-0.1, -0.05) is 41.4 Å². The predicted octanol–water partition coefficient (Wildman–Crippen LogP) is 4.45. The molecule has 3 nitrogen and oxygen atoms in total.